The lowest BCUT2D eigenvalue weighted by Crippen LogP contribution is -2.38. The molecule has 0 saturated carbocycles. The van der Waals surface area contributed by atoms with E-state index in [9.17, 15) is 27.9 Å². The first-order chi connectivity index (χ1) is 15.3. The van der Waals surface area contributed by atoms with Gasteiger partial charge < -0.3 is 20.1 Å². The summed E-state index contributed by atoms with van der Waals surface area (Å²) in [6.45, 7) is 5.97. The fourth-order valence-electron chi connectivity index (χ4n) is 3.69. The second-order valence-electron chi connectivity index (χ2n) is 8.80. The second kappa shape index (κ2) is 9.29. The molecule has 1 aromatic carbocycles. The van der Waals surface area contributed by atoms with Crippen molar-refractivity contribution in [2.45, 2.75) is 51.4 Å². The SMILES string of the molecule is CC(C)(C)Oc1cccc(CC(=O)N2CCNc3nc(C(F)(F)F)ccc3[C@H]2CC(=O)O)c1. The van der Waals surface area contributed by atoms with Gasteiger partial charge in [0.25, 0.3) is 0 Å². The van der Waals surface area contributed by atoms with Crippen molar-refractivity contribution in [2.75, 3.05) is 18.4 Å². The first-order valence-corrected chi connectivity index (χ1v) is 10.4. The molecule has 0 radical (unpaired) electrons. The van der Waals surface area contributed by atoms with E-state index in [0.717, 1.165) is 6.07 Å². The molecule has 0 aliphatic carbocycles. The molecule has 10 heteroatoms. The van der Waals surface area contributed by atoms with Gasteiger partial charge in [0.2, 0.25) is 5.91 Å². The normalized spacial score (nSPS) is 16.4. The first kappa shape index (κ1) is 24.3. The number of carboxylic acid groups (broad SMARTS) is 1. The third kappa shape index (κ3) is 6.36. The third-order valence-corrected chi connectivity index (χ3v) is 4.96. The van der Waals surface area contributed by atoms with Crippen LogP contribution in [0.5, 0.6) is 5.75 Å². The van der Waals surface area contributed by atoms with E-state index in [2.05, 4.69) is 10.3 Å². The summed E-state index contributed by atoms with van der Waals surface area (Å²) in [5.41, 5.74) is -0.587. The number of hydrogen-bond donors (Lipinski definition) is 2. The molecule has 178 valence electrons. The minimum Gasteiger partial charge on any atom is -0.488 e. The Hall–Kier alpha value is -3.30. The van der Waals surface area contributed by atoms with Crippen LogP contribution in [0.3, 0.4) is 0 Å². The first-order valence-electron chi connectivity index (χ1n) is 10.4. The summed E-state index contributed by atoms with van der Waals surface area (Å²) < 4.78 is 45.1. The highest BCUT2D eigenvalue weighted by Gasteiger charge is 2.36. The van der Waals surface area contributed by atoms with E-state index < -0.39 is 35.9 Å². The van der Waals surface area contributed by atoms with Gasteiger partial charge in [-0.15, -0.1) is 0 Å². The van der Waals surface area contributed by atoms with Crippen molar-refractivity contribution in [3.8, 4) is 5.75 Å². The molecule has 2 aromatic rings. The van der Waals surface area contributed by atoms with Crippen molar-refractivity contribution in [3.05, 3.63) is 53.2 Å². The third-order valence-electron chi connectivity index (χ3n) is 4.96. The molecule has 1 aliphatic rings. The Balaban J connectivity index is 1.89. The Morgan fingerprint density at radius 1 is 1.21 bits per heavy atom. The van der Waals surface area contributed by atoms with Crippen LogP contribution in [0.25, 0.3) is 0 Å². The number of carboxylic acids is 1. The number of halogens is 3. The second-order valence-corrected chi connectivity index (χ2v) is 8.80. The molecule has 0 unspecified atom stereocenters. The van der Waals surface area contributed by atoms with E-state index >= 15 is 0 Å². The summed E-state index contributed by atoms with van der Waals surface area (Å²) in [5, 5.41) is 12.2. The molecule has 3 rings (SSSR count). The zero-order chi connectivity index (χ0) is 24.4. The highest BCUT2D eigenvalue weighted by molar-refractivity contribution is 5.81. The lowest BCUT2D eigenvalue weighted by molar-refractivity contribution is -0.142. The number of aromatic nitrogens is 1. The van der Waals surface area contributed by atoms with Gasteiger partial charge in [-0.3, -0.25) is 9.59 Å². The van der Waals surface area contributed by atoms with Gasteiger partial charge in [0.05, 0.1) is 18.9 Å². The standard InChI is InChI=1S/C23H26F3N3O4/c1-22(2,3)33-15-6-4-5-14(11-15)12-19(30)29-10-9-27-21-16(17(29)13-20(31)32)7-8-18(28-21)23(24,25)26/h4-8,11,17H,9-10,12-13H2,1-3H3,(H,27,28)(H,31,32)/t17-/m1/s1. The number of aliphatic carboxylic acids is 1. The van der Waals surface area contributed by atoms with Gasteiger partial charge in [0, 0.05) is 18.7 Å². The van der Waals surface area contributed by atoms with Gasteiger partial charge in [0.15, 0.2) is 0 Å². The average Bonchev–Trinajstić information content (AvgIpc) is 2.85. The van der Waals surface area contributed by atoms with Crippen molar-refractivity contribution in [1.29, 1.82) is 0 Å². The molecule has 1 aromatic heterocycles. The van der Waals surface area contributed by atoms with Crippen molar-refractivity contribution in [3.63, 3.8) is 0 Å². The molecule has 1 amide bonds. The zero-order valence-corrected chi connectivity index (χ0v) is 18.6. The number of benzene rings is 1. The minimum atomic E-state index is -4.64. The summed E-state index contributed by atoms with van der Waals surface area (Å²) in [4.78, 5) is 29.8. The molecular formula is C23H26F3N3O4. The monoisotopic (exact) mass is 465 g/mol. The van der Waals surface area contributed by atoms with Crippen LogP contribution in [0, 0.1) is 0 Å². The number of anilines is 1. The molecule has 1 aliphatic heterocycles. The van der Waals surface area contributed by atoms with Gasteiger partial charge in [-0.05, 0) is 44.5 Å². The van der Waals surface area contributed by atoms with Crippen molar-refractivity contribution >= 4 is 17.7 Å². The fraction of sp³-hybridized carbons (Fsp3) is 0.435. The maximum Gasteiger partial charge on any atom is 0.433 e. The predicted octanol–water partition coefficient (Wildman–Crippen LogP) is 4.29. The van der Waals surface area contributed by atoms with Crippen LogP contribution in [-0.4, -0.2) is 45.6 Å². The molecular weight excluding hydrogens is 439 g/mol. The number of carbonyl (C=O) groups is 2. The Morgan fingerprint density at radius 2 is 1.94 bits per heavy atom. The van der Waals surface area contributed by atoms with E-state index in [-0.39, 0.29) is 36.8 Å². The molecule has 2 N–H and O–H groups in total. The van der Waals surface area contributed by atoms with Crippen molar-refractivity contribution < 1.29 is 32.6 Å². The number of rotatable bonds is 5. The number of pyridine rings is 1. The maximum atomic E-state index is 13.2. The molecule has 0 bridgehead atoms. The van der Waals surface area contributed by atoms with Crippen molar-refractivity contribution in [2.24, 2.45) is 0 Å². The molecule has 33 heavy (non-hydrogen) atoms. The topological polar surface area (TPSA) is 91.8 Å². The number of ether oxygens (including phenoxy) is 1. The van der Waals surface area contributed by atoms with E-state index in [1.807, 2.05) is 20.8 Å². The number of fused-ring (bicyclic) bond motifs is 1. The number of nitrogens with zero attached hydrogens (tertiary/aromatic N) is 2. The summed E-state index contributed by atoms with van der Waals surface area (Å²) in [7, 11) is 0. The molecule has 7 nitrogen and oxygen atoms in total. The number of carbonyl (C=O) groups excluding carboxylic acids is 1. The van der Waals surface area contributed by atoms with Crippen LogP contribution in [0.1, 0.15) is 50.1 Å². The van der Waals surface area contributed by atoms with Crippen LogP contribution in [0.2, 0.25) is 0 Å². The van der Waals surface area contributed by atoms with Crippen LogP contribution < -0.4 is 10.1 Å². The Morgan fingerprint density at radius 3 is 2.58 bits per heavy atom. The highest BCUT2D eigenvalue weighted by Crippen LogP contribution is 2.36. The summed E-state index contributed by atoms with van der Waals surface area (Å²) in [6, 6.07) is 8.09. The molecule has 0 saturated heterocycles. The largest absolute Gasteiger partial charge is 0.488 e. The Bertz CT molecular complexity index is 1030. The van der Waals surface area contributed by atoms with E-state index in [4.69, 9.17) is 4.74 Å². The summed E-state index contributed by atoms with van der Waals surface area (Å²) in [5.74, 6) is -0.983. The summed E-state index contributed by atoms with van der Waals surface area (Å²) >= 11 is 0. The van der Waals surface area contributed by atoms with Gasteiger partial charge in [-0.2, -0.15) is 13.2 Å². The van der Waals surface area contributed by atoms with E-state index in [0.29, 0.717) is 11.3 Å². The van der Waals surface area contributed by atoms with Crippen LogP contribution in [-0.2, 0) is 22.2 Å². The predicted molar refractivity (Wildman–Crippen MR) is 115 cm³/mol. The molecule has 1 atom stereocenters. The van der Waals surface area contributed by atoms with Gasteiger partial charge in [-0.25, -0.2) is 4.98 Å². The van der Waals surface area contributed by atoms with E-state index in [1.54, 1.807) is 24.3 Å². The minimum absolute atomic E-state index is 0.0130. The average molecular weight is 465 g/mol. The number of alkyl halides is 3. The molecule has 0 spiro atoms. The van der Waals surface area contributed by atoms with Crippen LogP contribution >= 0.6 is 0 Å². The quantitative estimate of drug-likeness (QED) is 0.685. The van der Waals surface area contributed by atoms with Gasteiger partial charge in [0.1, 0.15) is 22.9 Å². The van der Waals surface area contributed by atoms with Crippen LogP contribution in [0.15, 0.2) is 36.4 Å². The Labute approximate surface area is 189 Å². The smallest absolute Gasteiger partial charge is 0.433 e. The van der Waals surface area contributed by atoms with Gasteiger partial charge in [-0.1, -0.05) is 18.2 Å². The molecule has 2 heterocycles. The Kier molecular flexibility index (Phi) is 6.85. The number of hydrogen-bond acceptors (Lipinski definition) is 5. The van der Waals surface area contributed by atoms with Crippen LogP contribution in [0.4, 0.5) is 19.0 Å². The number of nitrogens with one attached hydrogen (secondary N) is 1. The van der Waals surface area contributed by atoms with E-state index in [1.165, 1.54) is 11.0 Å². The van der Waals surface area contributed by atoms with Gasteiger partial charge >= 0.3 is 12.1 Å². The number of amides is 1. The fourth-order valence-corrected chi connectivity index (χ4v) is 3.69. The molecule has 0 fully saturated rings. The summed E-state index contributed by atoms with van der Waals surface area (Å²) in [6.07, 6.45) is -5.11. The zero-order valence-electron chi connectivity index (χ0n) is 18.6. The highest BCUT2D eigenvalue weighted by atomic mass is 19.4. The lowest BCUT2D eigenvalue weighted by Gasteiger charge is -2.30. The van der Waals surface area contributed by atoms with Crippen molar-refractivity contribution in [1.82, 2.24) is 9.88 Å². The lowest BCUT2D eigenvalue weighted by atomic mass is 10.0. The maximum absolute atomic E-state index is 13.2.